The highest BCUT2D eigenvalue weighted by Crippen LogP contribution is 2.35. The lowest BCUT2D eigenvalue weighted by Gasteiger charge is -2.29. The van der Waals surface area contributed by atoms with Gasteiger partial charge in [-0.05, 0) is 41.0 Å². The number of amides is 1. The van der Waals surface area contributed by atoms with Gasteiger partial charge >= 0.3 is 0 Å². The second-order valence-corrected chi connectivity index (χ2v) is 9.15. The molecule has 1 amide bonds. The van der Waals surface area contributed by atoms with E-state index < -0.39 is 0 Å². The number of carbonyl (C=O) groups excluding carboxylic acids is 1. The molecule has 4 rings (SSSR count). The summed E-state index contributed by atoms with van der Waals surface area (Å²) < 4.78 is 13.2. The predicted molar refractivity (Wildman–Crippen MR) is 128 cm³/mol. The molecule has 1 saturated heterocycles. The Morgan fingerprint density at radius 1 is 0.969 bits per heavy atom. The fourth-order valence-electron chi connectivity index (χ4n) is 4.39. The van der Waals surface area contributed by atoms with Gasteiger partial charge in [0.05, 0.1) is 22.5 Å². The van der Waals surface area contributed by atoms with Crippen molar-refractivity contribution in [1.29, 1.82) is 0 Å². The number of hydrogen-bond acceptors (Lipinski definition) is 2. The zero-order chi connectivity index (χ0) is 22.7. The molecule has 0 unspecified atom stereocenters. The van der Waals surface area contributed by atoms with Crippen molar-refractivity contribution < 1.29 is 9.18 Å². The summed E-state index contributed by atoms with van der Waals surface area (Å²) in [6, 6.07) is 22.1. The van der Waals surface area contributed by atoms with Gasteiger partial charge in [-0.25, -0.2) is 4.39 Å². The number of nitrogens with zero attached hydrogens (tertiary/aromatic N) is 2. The van der Waals surface area contributed by atoms with Crippen LogP contribution in [-0.4, -0.2) is 41.9 Å². The van der Waals surface area contributed by atoms with Crippen LogP contribution in [0.15, 0.2) is 72.8 Å². The molecule has 6 heteroatoms. The molecule has 0 N–H and O–H groups in total. The monoisotopic (exact) mass is 470 g/mol. The van der Waals surface area contributed by atoms with E-state index in [1.807, 2.05) is 48.3 Å². The molecule has 1 aliphatic heterocycles. The fraction of sp³-hybridized carbons (Fsp3) is 0.269. The highest BCUT2D eigenvalue weighted by molar-refractivity contribution is 6.42. The molecule has 0 saturated carbocycles. The van der Waals surface area contributed by atoms with Gasteiger partial charge in [-0.1, -0.05) is 71.7 Å². The van der Waals surface area contributed by atoms with Crippen LogP contribution in [0, 0.1) is 5.82 Å². The van der Waals surface area contributed by atoms with E-state index in [1.165, 1.54) is 17.7 Å². The van der Waals surface area contributed by atoms with Crippen molar-refractivity contribution in [1.82, 2.24) is 9.80 Å². The van der Waals surface area contributed by atoms with Gasteiger partial charge < -0.3 is 4.90 Å². The summed E-state index contributed by atoms with van der Waals surface area (Å²) in [6.45, 7) is 2.38. The van der Waals surface area contributed by atoms with E-state index in [4.69, 9.17) is 23.2 Å². The van der Waals surface area contributed by atoms with E-state index in [0.717, 1.165) is 30.8 Å². The van der Waals surface area contributed by atoms with Crippen molar-refractivity contribution in [3.63, 3.8) is 0 Å². The molecular formula is C26H25Cl2FN2O. The fourth-order valence-corrected chi connectivity index (χ4v) is 4.69. The molecule has 32 heavy (non-hydrogen) atoms. The molecule has 0 radical (unpaired) electrons. The molecule has 3 aromatic carbocycles. The van der Waals surface area contributed by atoms with E-state index in [0.29, 0.717) is 10.0 Å². The van der Waals surface area contributed by atoms with Crippen LogP contribution in [-0.2, 0) is 17.8 Å². The number of rotatable bonds is 6. The van der Waals surface area contributed by atoms with Crippen LogP contribution < -0.4 is 0 Å². The minimum atomic E-state index is -0.304. The number of hydrogen-bond donors (Lipinski definition) is 0. The summed E-state index contributed by atoms with van der Waals surface area (Å²) in [6.07, 6.45) is 0.236. The Morgan fingerprint density at radius 3 is 2.38 bits per heavy atom. The van der Waals surface area contributed by atoms with Crippen LogP contribution in [0.25, 0.3) is 0 Å². The molecule has 0 bridgehead atoms. The van der Waals surface area contributed by atoms with Crippen molar-refractivity contribution in [3.05, 3.63) is 105 Å². The second-order valence-electron chi connectivity index (χ2n) is 8.33. The van der Waals surface area contributed by atoms with E-state index in [2.05, 4.69) is 17.0 Å². The number of halogens is 3. The first-order valence-corrected chi connectivity index (χ1v) is 11.4. The van der Waals surface area contributed by atoms with E-state index >= 15 is 0 Å². The molecule has 0 spiro atoms. The van der Waals surface area contributed by atoms with Crippen LogP contribution in [0.3, 0.4) is 0 Å². The first kappa shape index (κ1) is 22.8. The quantitative estimate of drug-likeness (QED) is 0.454. The summed E-state index contributed by atoms with van der Waals surface area (Å²) in [5.74, 6) is -0.189. The van der Waals surface area contributed by atoms with Gasteiger partial charge in [0.1, 0.15) is 5.82 Å². The van der Waals surface area contributed by atoms with Crippen LogP contribution in [0.5, 0.6) is 0 Å². The van der Waals surface area contributed by atoms with E-state index in [1.54, 1.807) is 12.1 Å². The summed E-state index contributed by atoms with van der Waals surface area (Å²) in [7, 11) is 1.85. The van der Waals surface area contributed by atoms with Crippen molar-refractivity contribution in [3.8, 4) is 0 Å². The number of carbonyl (C=O) groups is 1. The molecule has 0 aliphatic carbocycles. The summed E-state index contributed by atoms with van der Waals surface area (Å²) in [5.41, 5.74) is 3.11. The lowest BCUT2D eigenvalue weighted by molar-refractivity contribution is -0.131. The maximum Gasteiger partial charge on any atom is 0.227 e. The van der Waals surface area contributed by atoms with Gasteiger partial charge in [-0.15, -0.1) is 0 Å². The molecule has 3 nitrogen and oxygen atoms in total. The maximum absolute atomic E-state index is 13.2. The van der Waals surface area contributed by atoms with Crippen LogP contribution in [0.2, 0.25) is 10.0 Å². The Balaban J connectivity index is 1.55. The SMILES string of the molecule is CN(C(=O)Cc1ccc(F)cc1)[C@H]1CN(Cc2ccccc2)C[C@@H]1c1ccc(Cl)c(Cl)c1. The molecular weight excluding hydrogens is 446 g/mol. The molecule has 166 valence electrons. The third kappa shape index (κ3) is 5.32. The van der Waals surface area contributed by atoms with E-state index in [9.17, 15) is 9.18 Å². The van der Waals surface area contributed by atoms with Crippen molar-refractivity contribution >= 4 is 29.1 Å². The first-order valence-electron chi connectivity index (χ1n) is 10.6. The average molecular weight is 471 g/mol. The molecule has 1 heterocycles. The molecule has 0 aromatic heterocycles. The van der Waals surface area contributed by atoms with Crippen LogP contribution in [0.4, 0.5) is 4.39 Å². The molecule has 1 fully saturated rings. The Labute approximate surface area is 198 Å². The van der Waals surface area contributed by atoms with Gasteiger partial charge in [0, 0.05) is 32.6 Å². The smallest absolute Gasteiger partial charge is 0.227 e. The summed E-state index contributed by atoms with van der Waals surface area (Å²) in [5, 5.41) is 1.04. The van der Waals surface area contributed by atoms with Crippen LogP contribution >= 0.6 is 23.2 Å². The highest BCUT2D eigenvalue weighted by Gasteiger charge is 2.38. The van der Waals surface area contributed by atoms with Crippen molar-refractivity contribution in [2.24, 2.45) is 0 Å². The lowest BCUT2D eigenvalue weighted by Crippen LogP contribution is -2.42. The minimum Gasteiger partial charge on any atom is -0.341 e. The molecule has 1 aliphatic rings. The van der Waals surface area contributed by atoms with Crippen molar-refractivity contribution in [2.75, 3.05) is 20.1 Å². The summed E-state index contributed by atoms with van der Waals surface area (Å²) >= 11 is 12.5. The lowest BCUT2D eigenvalue weighted by atomic mass is 9.93. The highest BCUT2D eigenvalue weighted by atomic mass is 35.5. The number of likely N-dealkylation sites (N-methyl/N-ethyl adjacent to an activating group) is 1. The maximum atomic E-state index is 13.2. The zero-order valence-electron chi connectivity index (χ0n) is 17.8. The van der Waals surface area contributed by atoms with Gasteiger partial charge in [-0.3, -0.25) is 9.69 Å². The van der Waals surface area contributed by atoms with Gasteiger partial charge in [0.2, 0.25) is 5.91 Å². The normalized spacial score (nSPS) is 18.6. The van der Waals surface area contributed by atoms with Gasteiger partial charge in [0.15, 0.2) is 0 Å². The molecule has 3 aromatic rings. The van der Waals surface area contributed by atoms with Gasteiger partial charge in [0.25, 0.3) is 0 Å². The Hall–Kier alpha value is -2.40. The second kappa shape index (κ2) is 10.0. The average Bonchev–Trinajstić information content (AvgIpc) is 3.21. The standard InChI is InChI=1S/C26H25Cl2FN2O/c1-30(26(32)13-18-7-10-21(29)11-8-18)25-17-31(15-19-5-3-2-4-6-19)16-22(25)20-9-12-23(27)24(28)14-20/h2-12,14,22,25H,13,15-17H2,1H3/t22-,25+/m1/s1. The largest absolute Gasteiger partial charge is 0.341 e. The zero-order valence-corrected chi connectivity index (χ0v) is 19.4. The van der Waals surface area contributed by atoms with E-state index in [-0.39, 0.29) is 30.1 Å². The summed E-state index contributed by atoms with van der Waals surface area (Å²) in [4.78, 5) is 17.3. The topological polar surface area (TPSA) is 23.6 Å². The first-order chi connectivity index (χ1) is 15.4. The Bertz CT molecular complexity index is 1070. The predicted octanol–water partition coefficient (Wildman–Crippen LogP) is 5.80. The Morgan fingerprint density at radius 2 is 1.69 bits per heavy atom. The third-order valence-electron chi connectivity index (χ3n) is 6.14. The van der Waals surface area contributed by atoms with Gasteiger partial charge in [-0.2, -0.15) is 0 Å². The number of benzene rings is 3. The minimum absolute atomic E-state index is 0.00762. The Kier molecular flexibility index (Phi) is 7.14. The number of likely N-dealkylation sites (tertiary alicyclic amines) is 1. The van der Waals surface area contributed by atoms with Crippen molar-refractivity contribution in [2.45, 2.75) is 24.9 Å². The molecule has 2 atom stereocenters. The van der Waals surface area contributed by atoms with Crippen LogP contribution in [0.1, 0.15) is 22.6 Å². The third-order valence-corrected chi connectivity index (χ3v) is 6.88.